The Morgan fingerprint density at radius 3 is 1.38 bits per heavy atom. The topological polar surface area (TPSA) is 57.2 Å². The van der Waals surface area contributed by atoms with Crippen molar-refractivity contribution in [2.75, 3.05) is 5.75 Å². The predicted molar refractivity (Wildman–Crippen MR) is 80.0 cm³/mol. The van der Waals surface area contributed by atoms with Crippen molar-refractivity contribution in [3.63, 3.8) is 0 Å². The van der Waals surface area contributed by atoms with Crippen LogP contribution in [0.5, 0.6) is 0 Å². The molecule has 0 spiro atoms. The zero-order valence-electron chi connectivity index (χ0n) is 12.3. The normalized spacial score (nSPS) is 10.7. The minimum Gasteiger partial charge on any atom is -0.748 e. The summed E-state index contributed by atoms with van der Waals surface area (Å²) in [5, 5.41) is 0. The Hall–Kier alpha value is -0.920. The first-order valence-electron chi connectivity index (χ1n) is 6.52. The summed E-state index contributed by atoms with van der Waals surface area (Å²) in [4.78, 5) is 0. The SMILES string of the molecule is CCS(=O)(=O)[O-].Cc1ccc([I+]c2ccc(C)cc2)cc1. The quantitative estimate of drug-likeness (QED) is 0.521. The van der Waals surface area contributed by atoms with Crippen LogP contribution in [-0.4, -0.2) is 18.7 Å². The molecule has 0 aliphatic carbocycles. The second-order valence-electron chi connectivity index (χ2n) is 4.53. The lowest BCUT2D eigenvalue weighted by Gasteiger charge is -1.97. The van der Waals surface area contributed by atoms with Crippen molar-refractivity contribution in [1.29, 1.82) is 0 Å². The molecule has 0 aromatic heterocycles. The van der Waals surface area contributed by atoms with Crippen LogP contribution in [0.4, 0.5) is 0 Å². The van der Waals surface area contributed by atoms with E-state index in [1.807, 2.05) is 0 Å². The third-order valence-electron chi connectivity index (χ3n) is 2.59. The van der Waals surface area contributed by atoms with Crippen molar-refractivity contribution in [3.8, 4) is 0 Å². The highest BCUT2D eigenvalue weighted by Crippen LogP contribution is 1.95. The summed E-state index contributed by atoms with van der Waals surface area (Å²) in [5.74, 6) is -0.312. The van der Waals surface area contributed by atoms with E-state index < -0.39 is 10.1 Å². The summed E-state index contributed by atoms with van der Waals surface area (Å²) < 4.78 is 31.3. The van der Waals surface area contributed by atoms with Gasteiger partial charge in [0.25, 0.3) is 0 Å². The third kappa shape index (κ3) is 8.18. The molecule has 0 saturated heterocycles. The van der Waals surface area contributed by atoms with Crippen molar-refractivity contribution in [2.45, 2.75) is 20.8 Å². The molecule has 3 nitrogen and oxygen atoms in total. The van der Waals surface area contributed by atoms with Gasteiger partial charge in [0.15, 0.2) is 7.14 Å². The highest BCUT2D eigenvalue weighted by Gasteiger charge is 2.13. The van der Waals surface area contributed by atoms with E-state index in [9.17, 15) is 13.0 Å². The van der Waals surface area contributed by atoms with Crippen molar-refractivity contribution in [2.24, 2.45) is 0 Å². The van der Waals surface area contributed by atoms with Crippen LogP contribution in [-0.2, 0) is 10.1 Å². The molecule has 2 aromatic carbocycles. The maximum atomic E-state index is 9.44. The molecule has 0 radical (unpaired) electrons. The lowest BCUT2D eigenvalue weighted by Crippen LogP contribution is -3.61. The van der Waals surface area contributed by atoms with E-state index in [1.165, 1.54) is 25.2 Å². The van der Waals surface area contributed by atoms with Gasteiger partial charge in [-0.15, -0.1) is 0 Å². The smallest absolute Gasteiger partial charge is 0.357 e. The van der Waals surface area contributed by atoms with Gasteiger partial charge in [0.05, 0.1) is 10.1 Å². The van der Waals surface area contributed by atoms with Crippen LogP contribution in [0.25, 0.3) is 0 Å². The van der Waals surface area contributed by atoms with E-state index in [2.05, 4.69) is 62.4 Å². The summed E-state index contributed by atoms with van der Waals surface area (Å²) in [6.45, 7) is 5.57. The molecule has 2 rings (SSSR count). The predicted octanol–water partition coefficient (Wildman–Crippen LogP) is -0.0167. The van der Waals surface area contributed by atoms with Gasteiger partial charge in [-0.3, -0.25) is 0 Å². The summed E-state index contributed by atoms with van der Waals surface area (Å²) in [7, 11) is -3.91. The molecule has 5 heteroatoms. The number of hydrogen-bond acceptors (Lipinski definition) is 3. The third-order valence-corrected chi connectivity index (χ3v) is 5.98. The average molecular weight is 418 g/mol. The van der Waals surface area contributed by atoms with Crippen LogP contribution >= 0.6 is 0 Å². The van der Waals surface area contributed by atoms with E-state index in [4.69, 9.17) is 0 Å². The summed E-state index contributed by atoms with van der Waals surface area (Å²) >= 11 is 0.00313. The molecule has 2 aromatic rings. The lowest BCUT2D eigenvalue weighted by molar-refractivity contribution is -0.597. The van der Waals surface area contributed by atoms with Gasteiger partial charge in [-0.1, -0.05) is 42.3 Å². The first-order chi connectivity index (χ1) is 9.80. The number of benzene rings is 2. The molecule has 0 aliphatic rings. The molecule has 0 unspecified atom stereocenters. The number of aryl methyl sites for hydroxylation is 2. The molecule has 0 bridgehead atoms. The minimum absolute atomic E-state index is 0.00313. The fourth-order valence-corrected chi connectivity index (χ4v) is 3.48. The van der Waals surface area contributed by atoms with E-state index in [-0.39, 0.29) is 27.0 Å². The molecule has 114 valence electrons. The molecule has 0 amide bonds. The first-order valence-corrected chi connectivity index (χ1v) is 10.3. The van der Waals surface area contributed by atoms with Crippen molar-refractivity contribution >= 4 is 10.1 Å². The molecule has 21 heavy (non-hydrogen) atoms. The number of rotatable bonds is 3. The summed E-state index contributed by atoms with van der Waals surface area (Å²) in [6, 6.07) is 17.8. The Bertz CT molecular complexity index is 603. The van der Waals surface area contributed by atoms with Gasteiger partial charge in [0, 0.05) is 5.75 Å². The summed E-state index contributed by atoms with van der Waals surface area (Å²) in [5.41, 5.74) is 2.68. The van der Waals surface area contributed by atoms with E-state index >= 15 is 0 Å². The molecule has 0 saturated carbocycles. The fourth-order valence-electron chi connectivity index (χ4n) is 1.32. The van der Waals surface area contributed by atoms with Crippen LogP contribution in [0.1, 0.15) is 18.1 Å². The Balaban J connectivity index is 0.000000315. The van der Waals surface area contributed by atoms with Gasteiger partial charge in [-0.05, 0) is 38.1 Å². The Labute approximate surface area is 137 Å². The Kier molecular flexibility index (Phi) is 7.34. The van der Waals surface area contributed by atoms with Crippen LogP contribution in [0, 0.1) is 21.0 Å². The van der Waals surface area contributed by atoms with Crippen molar-refractivity contribution in [3.05, 3.63) is 66.8 Å². The maximum absolute atomic E-state index is 9.44. The van der Waals surface area contributed by atoms with E-state index in [0.29, 0.717) is 0 Å². The van der Waals surface area contributed by atoms with Gasteiger partial charge in [-0.25, -0.2) is 8.42 Å². The maximum Gasteiger partial charge on any atom is 0.357 e. The van der Waals surface area contributed by atoms with Crippen LogP contribution < -0.4 is 21.2 Å². The van der Waals surface area contributed by atoms with Crippen molar-refractivity contribution in [1.82, 2.24) is 0 Å². The van der Waals surface area contributed by atoms with Gasteiger partial charge in [0.2, 0.25) is 0 Å². The van der Waals surface area contributed by atoms with Crippen LogP contribution in [0.15, 0.2) is 48.5 Å². The second-order valence-corrected chi connectivity index (χ2v) is 9.26. The highest BCUT2D eigenvalue weighted by atomic mass is 127. The standard InChI is InChI=1S/C14H14I.C2H6O3S/c1-11-3-7-13(8-4-11)15-14-9-5-12(2)6-10-14;1-2-6(3,4)5/h3-10H,1-2H3;2H2,1H3,(H,3,4,5)/q+1;/p-1. The van der Waals surface area contributed by atoms with E-state index in [0.717, 1.165) is 0 Å². The molecule has 0 N–H and O–H groups in total. The molecular formula is C16H19IO3S. The first kappa shape index (κ1) is 18.1. The molecule has 0 fully saturated rings. The second kappa shape index (κ2) is 8.51. The van der Waals surface area contributed by atoms with E-state index in [1.54, 1.807) is 0 Å². The molecular weight excluding hydrogens is 399 g/mol. The average Bonchev–Trinajstić information content (AvgIpc) is 2.44. The van der Waals surface area contributed by atoms with Gasteiger partial charge in [-0.2, -0.15) is 0 Å². The Morgan fingerprint density at radius 2 is 1.14 bits per heavy atom. The summed E-state index contributed by atoms with van der Waals surface area (Å²) in [6.07, 6.45) is 0. The van der Waals surface area contributed by atoms with Gasteiger partial charge in [0.1, 0.15) is 0 Å². The zero-order chi connectivity index (χ0) is 15.9. The fraction of sp³-hybridized carbons (Fsp3) is 0.250. The zero-order valence-corrected chi connectivity index (χ0v) is 15.3. The monoisotopic (exact) mass is 418 g/mol. The lowest BCUT2D eigenvalue weighted by atomic mass is 10.2. The Morgan fingerprint density at radius 1 is 0.857 bits per heavy atom. The van der Waals surface area contributed by atoms with Crippen LogP contribution in [0.3, 0.4) is 0 Å². The largest absolute Gasteiger partial charge is 0.748 e. The minimum atomic E-state index is -3.91. The molecule has 0 atom stereocenters. The number of hydrogen-bond donors (Lipinski definition) is 0. The van der Waals surface area contributed by atoms with Crippen LogP contribution in [0.2, 0.25) is 0 Å². The van der Waals surface area contributed by atoms with Crippen molar-refractivity contribution < 1.29 is 34.2 Å². The number of halogens is 1. The molecule has 0 aliphatic heterocycles. The van der Waals surface area contributed by atoms with Gasteiger partial charge < -0.3 is 4.55 Å². The van der Waals surface area contributed by atoms with Gasteiger partial charge >= 0.3 is 21.2 Å². The highest BCUT2D eigenvalue weighted by molar-refractivity contribution is 7.85. The molecule has 0 heterocycles.